The van der Waals surface area contributed by atoms with Crippen LogP contribution in [0.25, 0.3) is 0 Å². The number of halogens is 1. The molecule has 1 saturated heterocycles. The van der Waals surface area contributed by atoms with Crippen molar-refractivity contribution in [1.82, 2.24) is 14.7 Å². The van der Waals surface area contributed by atoms with Gasteiger partial charge in [0, 0.05) is 26.7 Å². The Balaban J connectivity index is 2.20. The minimum Gasteiger partial charge on any atom is -0.375 e. The summed E-state index contributed by atoms with van der Waals surface area (Å²) in [6.45, 7) is 6.58. The lowest BCUT2D eigenvalue weighted by Gasteiger charge is -2.39. The highest BCUT2D eigenvalue weighted by Gasteiger charge is 2.34. The molecular weight excluding hydrogens is 278 g/mol. The Bertz CT molecular complexity index is 525. The van der Waals surface area contributed by atoms with E-state index in [1.54, 1.807) is 23.6 Å². The molecule has 0 radical (unpaired) electrons. The molecule has 5 nitrogen and oxygen atoms in total. The van der Waals surface area contributed by atoms with Crippen LogP contribution in [-0.4, -0.2) is 45.9 Å². The average Bonchev–Trinajstić information content (AvgIpc) is 2.60. The third-order valence-corrected chi connectivity index (χ3v) is 4.34. The molecule has 6 heteroatoms. The van der Waals surface area contributed by atoms with Gasteiger partial charge in [-0.1, -0.05) is 11.6 Å². The maximum Gasteiger partial charge on any atom is 0.273 e. The van der Waals surface area contributed by atoms with Crippen LogP contribution in [0.3, 0.4) is 0 Å². The molecule has 2 heterocycles. The normalized spacial score (nSPS) is 21.8. The molecule has 1 amide bonds. The predicted molar refractivity (Wildman–Crippen MR) is 78.1 cm³/mol. The number of rotatable bonds is 2. The van der Waals surface area contributed by atoms with E-state index < -0.39 is 0 Å². The molecule has 1 aliphatic rings. The van der Waals surface area contributed by atoms with Crippen molar-refractivity contribution in [2.75, 3.05) is 13.7 Å². The first-order valence-electron chi connectivity index (χ1n) is 6.83. The summed E-state index contributed by atoms with van der Waals surface area (Å²) in [5.41, 5.74) is 0.943. The quantitative estimate of drug-likeness (QED) is 0.842. The SMILES string of the molecule is Cc1nn(C)c(C(=O)N(C)[C@@H]2CCOC(C)(C)C2)c1Cl. The topological polar surface area (TPSA) is 47.4 Å². The van der Waals surface area contributed by atoms with Crippen LogP contribution in [0.4, 0.5) is 0 Å². The number of carbonyl (C=O) groups is 1. The van der Waals surface area contributed by atoms with Crippen molar-refractivity contribution in [3.05, 3.63) is 16.4 Å². The number of nitrogens with zero attached hydrogens (tertiary/aromatic N) is 3. The third-order valence-electron chi connectivity index (χ3n) is 3.89. The van der Waals surface area contributed by atoms with Gasteiger partial charge in [0.1, 0.15) is 5.69 Å². The fourth-order valence-electron chi connectivity index (χ4n) is 2.73. The Hall–Kier alpha value is -1.07. The van der Waals surface area contributed by atoms with Crippen LogP contribution in [0.2, 0.25) is 5.02 Å². The fourth-order valence-corrected chi connectivity index (χ4v) is 2.97. The Labute approximate surface area is 124 Å². The molecule has 1 aliphatic heterocycles. The molecule has 20 heavy (non-hydrogen) atoms. The van der Waals surface area contributed by atoms with Crippen molar-refractivity contribution in [1.29, 1.82) is 0 Å². The van der Waals surface area contributed by atoms with E-state index in [0.717, 1.165) is 12.8 Å². The Morgan fingerprint density at radius 3 is 2.70 bits per heavy atom. The second-order valence-corrected chi connectivity index (χ2v) is 6.42. The number of amides is 1. The Morgan fingerprint density at radius 2 is 2.20 bits per heavy atom. The van der Waals surface area contributed by atoms with Gasteiger partial charge in [0.05, 0.1) is 16.3 Å². The molecule has 1 aromatic heterocycles. The van der Waals surface area contributed by atoms with Gasteiger partial charge in [0.2, 0.25) is 0 Å². The zero-order valence-corrected chi connectivity index (χ0v) is 13.5. The second-order valence-electron chi connectivity index (χ2n) is 6.04. The summed E-state index contributed by atoms with van der Waals surface area (Å²) < 4.78 is 7.26. The van der Waals surface area contributed by atoms with Crippen LogP contribution < -0.4 is 0 Å². The van der Waals surface area contributed by atoms with Gasteiger partial charge in [-0.15, -0.1) is 0 Å². The van der Waals surface area contributed by atoms with E-state index in [9.17, 15) is 4.79 Å². The number of ether oxygens (including phenoxy) is 1. The van der Waals surface area contributed by atoms with Gasteiger partial charge >= 0.3 is 0 Å². The monoisotopic (exact) mass is 299 g/mol. The fraction of sp³-hybridized carbons (Fsp3) is 0.714. The molecule has 0 spiro atoms. The molecule has 0 unspecified atom stereocenters. The largest absolute Gasteiger partial charge is 0.375 e. The van der Waals surface area contributed by atoms with Gasteiger partial charge in [0.15, 0.2) is 0 Å². The number of hydrogen-bond donors (Lipinski definition) is 0. The molecule has 0 aliphatic carbocycles. The molecule has 0 bridgehead atoms. The van der Waals surface area contributed by atoms with Crippen LogP contribution in [0.15, 0.2) is 0 Å². The highest BCUT2D eigenvalue weighted by atomic mass is 35.5. The molecule has 112 valence electrons. The zero-order chi connectivity index (χ0) is 15.1. The molecule has 1 fully saturated rings. The van der Waals surface area contributed by atoms with Crippen molar-refractivity contribution in [2.45, 2.75) is 45.3 Å². The lowest BCUT2D eigenvalue weighted by Crippen LogP contribution is -2.47. The first-order chi connectivity index (χ1) is 9.23. The highest BCUT2D eigenvalue weighted by Crippen LogP contribution is 2.29. The first kappa shape index (κ1) is 15.3. The maximum atomic E-state index is 12.6. The van der Waals surface area contributed by atoms with Crippen molar-refractivity contribution in [2.24, 2.45) is 7.05 Å². The summed E-state index contributed by atoms with van der Waals surface area (Å²) >= 11 is 6.19. The molecule has 0 N–H and O–H groups in total. The van der Waals surface area contributed by atoms with Crippen LogP contribution in [-0.2, 0) is 11.8 Å². The number of aryl methyl sites for hydroxylation is 2. The number of aromatic nitrogens is 2. The summed E-state index contributed by atoms with van der Waals surface area (Å²) in [6.07, 6.45) is 1.67. The molecule has 0 saturated carbocycles. The summed E-state index contributed by atoms with van der Waals surface area (Å²) in [6, 6.07) is 0.164. The second kappa shape index (κ2) is 5.37. The number of hydrogen-bond acceptors (Lipinski definition) is 3. The van der Waals surface area contributed by atoms with E-state index in [-0.39, 0.29) is 17.6 Å². The van der Waals surface area contributed by atoms with E-state index in [1.165, 1.54) is 0 Å². The van der Waals surface area contributed by atoms with E-state index in [1.807, 2.05) is 7.05 Å². The van der Waals surface area contributed by atoms with E-state index in [2.05, 4.69) is 18.9 Å². The van der Waals surface area contributed by atoms with Gasteiger partial charge in [-0.25, -0.2) is 0 Å². The smallest absolute Gasteiger partial charge is 0.273 e. The molecular formula is C14H22ClN3O2. The lowest BCUT2D eigenvalue weighted by molar-refractivity contribution is -0.0756. The average molecular weight is 300 g/mol. The summed E-state index contributed by atoms with van der Waals surface area (Å²) in [4.78, 5) is 14.4. The van der Waals surface area contributed by atoms with Crippen molar-refractivity contribution in [3.63, 3.8) is 0 Å². The number of carbonyl (C=O) groups excluding carboxylic acids is 1. The van der Waals surface area contributed by atoms with E-state index in [4.69, 9.17) is 16.3 Å². The summed E-state index contributed by atoms with van der Waals surface area (Å²) in [7, 11) is 3.57. The van der Waals surface area contributed by atoms with Gasteiger partial charge in [-0.2, -0.15) is 5.10 Å². The highest BCUT2D eigenvalue weighted by molar-refractivity contribution is 6.34. The Morgan fingerprint density at radius 1 is 1.55 bits per heavy atom. The minimum absolute atomic E-state index is 0.0826. The Kier molecular flexibility index (Phi) is 4.12. The van der Waals surface area contributed by atoms with Gasteiger partial charge in [0.25, 0.3) is 5.91 Å². The van der Waals surface area contributed by atoms with Crippen LogP contribution >= 0.6 is 11.6 Å². The molecule has 1 atom stereocenters. The first-order valence-corrected chi connectivity index (χ1v) is 7.21. The zero-order valence-electron chi connectivity index (χ0n) is 12.7. The standard InChI is InChI=1S/C14H22ClN3O2/c1-9-11(15)12(18(5)16-9)13(19)17(4)10-6-7-20-14(2,3)8-10/h10H,6-8H2,1-5H3/t10-/m1/s1. The van der Waals surface area contributed by atoms with Gasteiger partial charge in [-0.3, -0.25) is 9.48 Å². The van der Waals surface area contributed by atoms with Crippen LogP contribution in [0, 0.1) is 6.92 Å². The predicted octanol–water partition coefficient (Wildman–Crippen LogP) is 2.41. The van der Waals surface area contributed by atoms with Gasteiger partial charge < -0.3 is 9.64 Å². The van der Waals surface area contributed by atoms with E-state index in [0.29, 0.717) is 23.0 Å². The summed E-state index contributed by atoms with van der Waals surface area (Å²) in [5.74, 6) is -0.0826. The van der Waals surface area contributed by atoms with Crippen LogP contribution in [0.1, 0.15) is 42.9 Å². The maximum absolute atomic E-state index is 12.6. The molecule has 2 rings (SSSR count). The van der Waals surface area contributed by atoms with Gasteiger partial charge in [-0.05, 0) is 33.6 Å². The van der Waals surface area contributed by atoms with Crippen molar-refractivity contribution >= 4 is 17.5 Å². The summed E-state index contributed by atoms with van der Waals surface area (Å²) in [5, 5.41) is 4.64. The van der Waals surface area contributed by atoms with Crippen LogP contribution in [0.5, 0.6) is 0 Å². The molecule has 0 aromatic carbocycles. The van der Waals surface area contributed by atoms with Crippen molar-refractivity contribution in [3.8, 4) is 0 Å². The third kappa shape index (κ3) is 2.83. The van der Waals surface area contributed by atoms with E-state index >= 15 is 0 Å². The van der Waals surface area contributed by atoms with Crippen molar-refractivity contribution < 1.29 is 9.53 Å². The molecule has 1 aromatic rings. The minimum atomic E-state index is -0.191. The lowest BCUT2D eigenvalue weighted by atomic mass is 9.93.